The Morgan fingerprint density at radius 2 is 2.16 bits per heavy atom. The number of fused-ring (bicyclic) bond motifs is 1. The van der Waals surface area contributed by atoms with Crippen LogP contribution in [0.2, 0.25) is 5.02 Å². The maximum Gasteiger partial charge on any atom is 0.231 e. The largest absolute Gasteiger partial charge is 0.454 e. The van der Waals surface area contributed by atoms with Crippen molar-refractivity contribution in [1.82, 2.24) is 15.2 Å². The van der Waals surface area contributed by atoms with Crippen LogP contribution in [0.4, 0.5) is 0 Å². The van der Waals surface area contributed by atoms with Gasteiger partial charge in [0, 0.05) is 24.7 Å². The van der Waals surface area contributed by atoms with E-state index in [2.05, 4.69) is 15.2 Å². The van der Waals surface area contributed by atoms with Gasteiger partial charge in [-0.15, -0.1) is 0 Å². The first-order valence-electron chi connectivity index (χ1n) is 10.8. The number of halogens is 1. The molecule has 0 saturated carbocycles. The van der Waals surface area contributed by atoms with E-state index in [0.717, 1.165) is 43.7 Å². The van der Waals surface area contributed by atoms with Crippen molar-refractivity contribution in [2.24, 2.45) is 11.3 Å². The molecule has 0 bridgehead atoms. The van der Waals surface area contributed by atoms with E-state index in [-0.39, 0.29) is 24.7 Å². The number of nitrogens with one attached hydrogen (secondary N) is 1. The highest BCUT2D eigenvalue weighted by molar-refractivity contribution is 6.32. The minimum absolute atomic E-state index is 0.0443. The maximum atomic E-state index is 12.8. The predicted molar refractivity (Wildman–Crippen MR) is 120 cm³/mol. The molecule has 1 saturated heterocycles. The van der Waals surface area contributed by atoms with E-state index in [1.165, 1.54) is 0 Å². The average Bonchev–Trinajstić information content (AvgIpc) is 3.21. The van der Waals surface area contributed by atoms with Gasteiger partial charge in [0.05, 0.1) is 16.8 Å². The van der Waals surface area contributed by atoms with Crippen LogP contribution in [0, 0.1) is 11.3 Å². The predicted octanol–water partition coefficient (Wildman–Crippen LogP) is 4.58. The summed E-state index contributed by atoms with van der Waals surface area (Å²) < 4.78 is 10.9. The zero-order valence-electron chi connectivity index (χ0n) is 18.4. The lowest BCUT2D eigenvalue weighted by atomic mass is 9.86. The highest BCUT2D eigenvalue weighted by Crippen LogP contribution is 2.40. The Bertz CT molecular complexity index is 930. The van der Waals surface area contributed by atoms with Crippen molar-refractivity contribution >= 4 is 17.5 Å². The molecule has 166 valence electrons. The Morgan fingerprint density at radius 3 is 2.90 bits per heavy atom. The first kappa shape index (κ1) is 21.9. The molecule has 2 aliphatic rings. The van der Waals surface area contributed by atoms with Crippen molar-refractivity contribution < 1.29 is 14.3 Å². The van der Waals surface area contributed by atoms with Gasteiger partial charge in [-0.25, -0.2) is 0 Å². The summed E-state index contributed by atoms with van der Waals surface area (Å²) in [5.74, 6) is 1.66. The topological polar surface area (TPSA) is 63.7 Å². The van der Waals surface area contributed by atoms with Crippen LogP contribution in [0.1, 0.15) is 50.9 Å². The molecule has 0 aliphatic carbocycles. The van der Waals surface area contributed by atoms with Crippen molar-refractivity contribution in [3.05, 3.63) is 52.8 Å². The van der Waals surface area contributed by atoms with Crippen molar-refractivity contribution in [3.63, 3.8) is 0 Å². The number of hydrogen-bond donors (Lipinski definition) is 1. The minimum Gasteiger partial charge on any atom is -0.454 e. The van der Waals surface area contributed by atoms with E-state index >= 15 is 0 Å². The molecule has 0 radical (unpaired) electrons. The fourth-order valence-electron chi connectivity index (χ4n) is 4.23. The number of piperidine rings is 1. The number of pyridine rings is 1. The zero-order valence-corrected chi connectivity index (χ0v) is 19.1. The number of carbonyl (C=O) groups is 1. The number of rotatable bonds is 5. The first-order chi connectivity index (χ1) is 14.8. The van der Waals surface area contributed by atoms with E-state index in [0.29, 0.717) is 16.5 Å². The molecule has 1 amide bonds. The van der Waals surface area contributed by atoms with Crippen LogP contribution in [0.25, 0.3) is 0 Å². The second kappa shape index (κ2) is 9.05. The highest BCUT2D eigenvalue weighted by atomic mass is 35.5. The molecule has 1 N–H and O–H groups in total. The number of benzene rings is 1. The summed E-state index contributed by atoms with van der Waals surface area (Å²) in [5.41, 5.74) is 1.56. The lowest BCUT2D eigenvalue weighted by Crippen LogP contribution is -2.45. The first-order valence-corrected chi connectivity index (χ1v) is 11.2. The van der Waals surface area contributed by atoms with Crippen molar-refractivity contribution in [1.29, 1.82) is 0 Å². The summed E-state index contributed by atoms with van der Waals surface area (Å²) >= 11 is 6.37. The van der Waals surface area contributed by atoms with E-state index < -0.39 is 5.41 Å². The summed E-state index contributed by atoms with van der Waals surface area (Å²) in [7, 11) is 0. The van der Waals surface area contributed by atoms with Crippen LogP contribution < -0.4 is 14.8 Å². The van der Waals surface area contributed by atoms with E-state index in [1.807, 2.05) is 51.1 Å². The standard InChI is InChI=1S/C24H30ClN3O3/c1-24(2,3)23(29)27-21(19-8-4-5-9-26-19)17-7-6-10-28(14-17)13-16-11-18(25)22-20(12-16)30-15-31-22/h4-5,8-9,11-12,17,21H,6-7,10,13-15H2,1-3H3,(H,27,29)/t17-,21+/m1/s1. The summed E-state index contributed by atoms with van der Waals surface area (Å²) in [6.45, 7) is 8.68. The van der Waals surface area contributed by atoms with Crippen LogP contribution in [-0.4, -0.2) is 35.7 Å². The van der Waals surface area contributed by atoms with E-state index in [9.17, 15) is 4.79 Å². The summed E-state index contributed by atoms with van der Waals surface area (Å²) in [5, 5.41) is 3.87. The fraction of sp³-hybridized carbons (Fsp3) is 0.500. The molecule has 0 unspecified atom stereocenters. The van der Waals surface area contributed by atoms with Crippen LogP contribution in [-0.2, 0) is 11.3 Å². The third kappa shape index (κ3) is 5.13. The molecule has 31 heavy (non-hydrogen) atoms. The van der Waals surface area contributed by atoms with Crippen LogP contribution in [0.5, 0.6) is 11.5 Å². The van der Waals surface area contributed by atoms with Gasteiger partial charge in [0.1, 0.15) is 0 Å². The van der Waals surface area contributed by atoms with Gasteiger partial charge >= 0.3 is 0 Å². The van der Waals surface area contributed by atoms with E-state index in [4.69, 9.17) is 21.1 Å². The summed E-state index contributed by atoms with van der Waals surface area (Å²) in [6.07, 6.45) is 3.91. The average molecular weight is 444 g/mol. The fourth-order valence-corrected chi connectivity index (χ4v) is 4.52. The second-order valence-corrected chi connectivity index (χ2v) is 9.81. The number of carbonyl (C=O) groups excluding carboxylic acids is 1. The molecular formula is C24H30ClN3O3. The molecule has 2 aromatic rings. The quantitative estimate of drug-likeness (QED) is 0.732. The van der Waals surface area contributed by atoms with Crippen LogP contribution in [0.15, 0.2) is 36.5 Å². The normalized spacial score (nSPS) is 19.8. The smallest absolute Gasteiger partial charge is 0.231 e. The molecule has 1 fully saturated rings. The Hall–Kier alpha value is -2.31. The Kier molecular flexibility index (Phi) is 6.39. The van der Waals surface area contributed by atoms with Gasteiger partial charge in [-0.05, 0) is 55.1 Å². The van der Waals surface area contributed by atoms with Gasteiger partial charge in [0.15, 0.2) is 11.5 Å². The summed E-state index contributed by atoms with van der Waals surface area (Å²) in [4.78, 5) is 19.8. The Morgan fingerprint density at radius 1 is 1.32 bits per heavy atom. The third-order valence-electron chi connectivity index (χ3n) is 5.88. The molecule has 1 aromatic heterocycles. The molecule has 3 heterocycles. The van der Waals surface area contributed by atoms with Gasteiger partial charge in [0.2, 0.25) is 12.7 Å². The van der Waals surface area contributed by atoms with Gasteiger partial charge < -0.3 is 14.8 Å². The monoisotopic (exact) mass is 443 g/mol. The highest BCUT2D eigenvalue weighted by Gasteiger charge is 2.33. The molecule has 2 aliphatic heterocycles. The number of hydrogen-bond acceptors (Lipinski definition) is 5. The molecule has 4 rings (SSSR count). The number of likely N-dealkylation sites (tertiary alicyclic amines) is 1. The van der Waals surface area contributed by atoms with Gasteiger partial charge in [0.25, 0.3) is 0 Å². The molecule has 6 nitrogen and oxygen atoms in total. The van der Waals surface area contributed by atoms with Gasteiger partial charge in [-0.2, -0.15) is 0 Å². The number of ether oxygens (including phenoxy) is 2. The van der Waals surface area contributed by atoms with Gasteiger partial charge in [-0.1, -0.05) is 38.4 Å². The molecule has 7 heteroatoms. The zero-order chi connectivity index (χ0) is 22.0. The van der Waals surface area contributed by atoms with Gasteiger partial charge in [-0.3, -0.25) is 14.7 Å². The van der Waals surface area contributed by atoms with Crippen LogP contribution >= 0.6 is 11.6 Å². The van der Waals surface area contributed by atoms with E-state index in [1.54, 1.807) is 6.20 Å². The maximum absolute atomic E-state index is 12.8. The van der Waals surface area contributed by atoms with Crippen molar-refractivity contribution in [3.8, 4) is 11.5 Å². The summed E-state index contributed by atoms with van der Waals surface area (Å²) in [6, 6.07) is 9.74. The molecule has 2 atom stereocenters. The SMILES string of the molecule is CC(C)(C)C(=O)N[C@H](c1ccccn1)[C@@H]1CCCN(Cc2cc(Cl)c3c(c2)OCO3)C1. The van der Waals surface area contributed by atoms with Crippen molar-refractivity contribution in [2.45, 2.75) is 46.2 Å². The molecule has 0 spiro atoms. The molecular weight excluding hydrogens is 414 g/mol. The van der Waals surface area contributed by atoms with Crippen molar-refractivity contribution in [2.75, 3.05) is 19.9 Å². The third-order valence-corrected chi connectivity index (χ3v) is 6.16. The Labute approximate surface area is 188 Å². The second-order valence-electron chi connectivity index (χ2n) is 9.40. The van der Waals surface area contributed by atoms with Crippen LogP contribution in [0.3, 0.4) is 0 Å². The number of aromatic nitrogens is 1. The minimum atomic E-state index is -0.454. The number of amides is 1. The lowest BCUT2D eigenvalue weighted by Gasteiger charge is -2.38. The Balaban J connectivity index is 1.51. The number of nitrogens with zero attached hydrogens (tertiary/aromatic N) is 2. The lowest BCUT2D eigenvalue weighted by molar-refractivity contribution is -0.130. The molecule has 1 aromatic carbocycles.